The molecule has 0 radical (unpaired) electrons. The van der Waals surface area contributed by atoms with E-state index < -0.39 is 35.2 Å². The number of benzene rings is 4. The molecule has 4 rings (SSSR count). The predicted molar refractivity (Wildman–Crippen MR) is 213 cm³/mol. The molecule has 0 saturated heterocycles. The second-order valence-corrected chi connectivity index (χ2v) is 14.8. The second-order valence-electron chi connectivity index (χ2n) is 14.0. The fourth-order valence-electron chi connectivity index (χ4n) is 4.87. The predicted octanol–water partition coefficient (Wildman–Crippen LogP) is 11.0. The molecular formula is C42H45Cl2F6N3O6. The zero-order valence-corrected chi connectivity index (χ0v) is 34.5. The Morgan fingerprint density at radius 2 is 1.10 bits per heavy atom. The summed E-state index contributed by atoms with van der Waals surface area (Å²) in [5, 5.41) is 5.27. The third-order valence-electron chi connectivity index (χ3n) is 7.94. The van der Waals surface area contributed by atoms with Crippen LogP contribution in [0, 0.1) is 0 Å². The number of alkyl halides is 6. The van der Waals surface area contributed by atoms with E-state index in [0.29, 0.717) is 28.8 Å². The molecule has 4 aromatic carbocycles. The first kappa shape index (κ1) is 48.2. The standard InChI is InChI=1S/C23H26ClF3N2O4.C19H19ClF3NO2/c1-22(2,3)33-21(31)29(4)11-10-28-20(30)16-7-5-6-15(12-16)14-32-19-9-8-17(13-18(19)24)23(25,26)27;1-2-3-9-24-18(25)14-6-4-5-13(10-14)12-26-17-8-7-15(11-16(17)20)19(21,22)23/h5-9,12-13H,10-11,14H2,1-4H3,(H,28,30);4-8,10-11H,2-3,9,12H2,1H3,(H,24,25). The van der Waals surface area contributed by atoms with Crippen LogP contribution in [-0.4, -0.2) is 55.1 Å². The SMILES string of the molecule is CCCCNC(=O)c1cccc(COc2ccc(C(F)(F)F)cc2Cl)c1.CN(CCNC(=O)c1cccc(COc2ccc(C(F)(F)F)cc2Cl)c1)C(=O)OC(C)(C)C. The molecule has 0 saturated carbocycles. The van der Waals surface area contributed by atoms with E-state index in [1.807, 2.05) is 6.92 Å². The van der Waals surface area contributed by atoms with Gasteiger partial charge in [0.2, 0.25) is 0 Å². The van der Waals surface area contributed by atoms with Gasteiger partial charge in [-0.05, 0) is 99.0 Å². The highest BCUT2D eigenvalue weighted by Gasteiger charge is 2.32. The van der Waals surface area contributed by atoms with Gasteiger partial charge in [-0.3, -0.25) is 9.59 Å². The fourth-order valence-corrected chi connectivity index (χ4v) is 5.34. The summed E-state index contributed by atoms with van der Waals surface area (Å²) < 4.78 is 92.4. The molecule has 59 heavy (non-hydrogen) atoms. The minimum atomic E-state index is -4.49. The highest BCUT2D eigenvalue weighted by molar-refractivity contribution is 6.32. The highest BCUT2D eigenvalue weighted by atomic mass is 35.5. The van der Waals surface area contributed by atoms with Gasteiger partial charge in [0, 0.05) is 37.8 Å². The van der Waals surface area contributed by atoms with Gasteiger partial charge in [0.25, 0.3) is 11.8 Å². The van der Waals surface area contributed by atoms with Crippen molar-refractivity contribution in [3.05, 3.63) is 128 Å². The summed E-state index contributed by atoms with van der Waals surface area (Å²) in [6.07, 6.45) is -7.55. The Morgan fingerprint density at radius 1 is 0.661 bits per heavy atom. The normalized spacial score (nSPS) is 11.5. The van der Waals surface area contributed by atoms with Crippen molar-refractivity contribution in [3.8, 4) is 11.5 Å². The van der Waals surface area contributed by atoms with Gasteiger partial charge in [-0.2, -0.15) is 26.3 Å². The lowest BCUT2D eigenvalue weighted by Crippen LogP contribution is -2.39. The highest BCUT2D eigenvalue weighted by Crippen LogP contribution is 2.36. The van der Waals surface area contributed by atoms with Crippen LogP contribution in [0.15, 0.2) is 84.9 Å². The number of amides is 3. The number of unbranched alkanes of at least 4 members (excludes halogenated alkanes) is 1. The van der Waals surface area contributed by atoms with Crippen molar-refractivity contribution in [1.29, 1.82) is 0 Å². The molecule has 2 N–H and O–H groups in total. The van der Waals surface area contributed by atoms with Gasteiger partial charge in [-0.1, -0.05) is 60.8 Å². The number of rotatable bonds is 14. The molecule has 17 heteroatoms. The molecule has 0 aliphatic heterocycles. The first-order valence-corrected chi connectivity index (χ1v) is 19.0. The van der Waals surface area contributed by atoms with Crippen molar-refractivity contribution in [2.45, 2.75) is 71.7 Å². The smallest absolute Gasteiger partial charge is 0.416 e. The average Bonchev–Trinajstić information content (AvgIpc) is 3.16. The lowest BCUT2D eigenvalue weighted by atomic mass is 10.1. The molecule has 4 aromatic rings. The van der Waals surface area contributed by atoms with Crippen LogP contribution in [0.4, 0.5) is 31.1 Å². The van der Waals surface area contributed by atoms with Crippen molar-refractivity contribution >= 4 is 41.1 Å². The number of nitrogens with one attached hydrogen (secondary N) is 2. The van der Waals surface area contributed by atoms with E-state index in [1.165, 1.54) is 11.0 Å². The number of hydrogen-bond acceptors (Lipinski definition) is 6. The average molecular weight is 873 g/mol. The van der Waals surface area contributed by atoms with Crippen molar-refractivity contribution in [1.82, 2.24) is 15.5 Å². The van der Waals surface area contributed by atoms with Gasteiger partial charge in [0.15, 0.2) is 0 Å². The first-order valence-electron chi connectivity index (χ1n) is 18.2. The maximum absolute atomic E-state index is 12.7. The molecule has 9 nitrogen and oxygen atoms in total. The van der Waals surface area contributed by atoms with E-state index in [0.717, 1.165) is 43.2 Å². The Hall–Kier alpha value is -5.15. The molecule has 3 amide bonds. The number of ether oxygens (including phenoxy) is 3. The van der Waals surface area contributed by atoms with Gasteiger partial charge >= 0.3 is 18.4 Å². The van der Waals surface area contributed by atoms with Crippen LogP contribution in [-0.2, 0) is 30.3 Å². The summed E-state index contributed by atoms with van der Waals surface area (Å²) in [4.78, 5) is 37.8. The molecular weight excluding hydrogens is 827 g/mol. The lowest BCUT2D eigenvalue weighted by molar-refractivity contribution is -0.138. The minimum absolute atomic E-state index is 0.00753. The maximum Gasteiger partial charge on any atom is 0.416 e. The van der Waals surface area contributed by atoms with E-state index in [4.69, 9.17) is 37.4 Å². The molecule has 0 spiro atoms. The van der Waals surface area contributed by atoms with Crippen LogP contribution in [0.2, 0.25) is 10.0 Å². The van der Waals surface area contributed by atoms with Crippen molar-refractivity contribution < 1.29 is 54.9 Å². The van der Waals surface area contributed by atoms with E-state index in [-0.39, 0.29) is 59.7 Å². The number of hydrogen-bond donors (Lipinski definition) is 2. The Balaban J connectivity index is 0.000000324. The van der Waals surface area contributed by atoms with E-state index in [2.05, 4.69) is 10.6 Å². The topological polar surface area (TPSA) is 106 Å². The summed E-state index contributed by atoms with van der Waals surface area (Å²) in [7, 11) is 1.57. The number of likely N-dealkylation sites (N-methyl/N-ethyl adjacent to an activating group) is 1. The largest absolute Gasteiger partial charge is 0.487 e. The second kappa shape index (κ2) is 21.7. The van der Waals surface area contributed by atoms with Crippen LogP contribution in [0.1, 0.15) is 83.5 Å². The van der Waals surface area contributed by atoms with Crippen LogP contribution < -0.4 is 20.1 Å². The number of carbonyl (C=O) groups is 3. The van der Waals surface area contributed by atoms with Crippen molar-refractivity contribution in [2.75, 3.05) is 26.7 Å². The number of halogens is 8. The van der Waals surface area contributed by atoms with E-state index in [1.54, 1.807) is 76.3 Å². The lowest BCUT2D eigenvalue weighted by Gasteiger charge is -2.24. The molecule has 320 valence electrons. The van der Waals surface area contributed by atoms with E-state index in [9.17, 15) is 40.7 Å². The van der Waals surface area contributed by atoms with Gasteiger partial charge < -0.3 is 29.7 Å². The molecule has 0 unspecified atom stereocenters. The number of carbonyl (C=O) groups excluding carboxylic acids is 3. The molecule has 0 aliphatic carbocycles. The Bertz CT molecular complexity index is 2040. The Morgan fingerprint density at radius 3 is 1.49 bits per heavy atom. The molecule has 0 aliphatic rings. The van der Waals surface area contributed by atoms with Gasteiger partial charge in [0.1, 0.15) is 30.3 Å². The molecule has 0 aromatic heterocycles. The Kier molecular flexibility index (Phi) is 17.8. The zero-order chi connectivity index (χ0) is 44.0. The monoisotopic (exact) mass is 871 g/mol. The third kappa shape index (κ3) is 16.6. The summed E-state index contributed by atoms with van der Waals surface area (Å²) in [5.41, 5.74) is -0.0953. The van der Waals surface area contributed by atoms with Crippen molar-refractivity contribution in [2.24, 2.45) is 0 Å². The van der Waals surface area contributed by atoms with Gasteiger partial charge in [-0.15, -0.1) is 0 Å². The molecule has 0 heterocycles. The van der Waals surface area contributed by atoms with Crippen molar-refractivity contribution in [3.63, 3.8) is 0 Å². The van der Waals surface area contributed by atoms with E-state index >= 15 is 0 Å². The quantitative estimate of drug-likeness (QED) is 0.0966. The summed E-state index contributed by atoms with van der Waals surface area (Å²) in [6, 6.07) is 19.2. The molecule has 0 atom stereocenters. The minimum Gasteiger partial charge on any atom is -0.487 e. The van der Waals surface area contributed by atoms with Crippen LogP contribution in [0.5, 0.6) is 11.5 Å². The zero-order valence-electron chi connectivity index (χ0n) is 33.0. The van der Waals surface area contributed by atoms with Crippen LogP contribution in [0.25, 0.3) is 0 Å². The van der Waals surface area contributed by atoms with Crippen LogP contribution in [0.3, 0.4) is 0 Å². The summed E-state index contributed by atoms with van der Waals surface area (Å²) in [5.74, 6) is -0.267. The van der Waals surface area contributed by atoms with Crippen LogP contribution >= 0.6 is 23.2 Å². The summed E-state index contributed by atoms with van der Waals surface area (Å²) >= 11 is 11.8. The van der Waals surface area contributed by atoms with Gasteiger partial charge in [-0.25, -0.2) is 4.79 Å². The Labute approximate surface area is 348 Å². The molecule has 0 fully saturated rings. The fraction of sp³-hybridized carbons (Fsp3) is 0.357. The third-order valence-corrected chi connectivity index (χ3v) is 8.53. The molecule has 0 bridgehead atoms. The number of nitrogens with zero attached hydrogens (tertiary/aromatic N) is 1. The first-order chi connectivity index (χ1) is 27.6. The maximum atomic E-state index is 12.7. The van der Waals surface area contributed by atoms with Gasteiger partial charge in [0.05, 0.1) is 21.2 Å². The summed E-state index contributed by atoms with van der Waals surface area (Å²) in [6.45, 7) is 8.52.